The molecule has 0 amide bonds. The van der Waals surface area contributed by atoms with Gasteiger partial charge in [-0.1, -0.05) is 18.2 Å². The Balaban J connectivity index is 1.64. The van der Waals surface area contributed by atoms with E-state index in [0.29, 0.717) is 5.56 Å². The molecule has 2 heterocycles. The summed E-state index contributed by atoms with van der Waals surface area (Å²) in [5.41, 5.74) is 4.37. The molecule has 0 aliphatic carbocycles. The number of hydrogen-bond donors (Lipinski definition) is 0. The second kappa shape index (κ2) is 8.11. The van der Waals surface area contributed by atoms with Crippen LogP contribution in [0, 0.1) is 13.8 Å². The average molecular weight is 399 g/mol. The molecule has 4 aromatic rings. The van der Waals surface area contributed by atoms with Crippen molar-refractivity contribution >= 4 is 16.7 Å². The number of aromatic nitrogens is 3. The lowest BCUT2D eigenvalue weighted by molar-refractivity contribution is 0.0993. The Bertz CT molecular complexity index is 1210. The number of hydrogen-bond acceptors (Lipinski definition) is 4. The molecular weight excluding hydrogens is 374 g/mol. The number of pyridine rings is 1. The number of rotatable bonds is 6. The highest BCUT2D eigenvalue weighted by Gasteiger charge is 2.13. The molecule has 5 nitrogen and oxygen atoms in total. The summed E-state index contributed by atoms with van der Waals surface area (Å²) >= 11 is 0. The molecule has 2 aromatic heterocycles. The van der Waals surface area contributed by atoms with Gasteiger partial charge in [-0.15, -0.1) is 0 Å². The predicted octanol–water partition coefficient (Wildman–Crippen LogP) is 5.25. The molecule has 2 aromatic carbocycles. The van der Waals surface area contributed by atoms with Crippen molar-refractivity contribution in [3.63, 3.8) is 0 Å². The number of aryl methyl sites for hydroxylation is 2. The minimum absolute atomic E-state index is 0.0527. The first-order valence-electron chi connectivity index (χ1n) is 10.1. The fourth-order valence-electron chi connectivity index (χ4n) is 3.59. The molecule has 0 atom stereocenters. The summed E-state index contributed by atoms with van der Waals surface area (Å²) in [6, 6.07) is 19.3. The van der Waals surface area contributed by atoms with Crippen LogP contribution in [0.25, 0.3) is 16.7 Å². The molecule has 0 fully saturated rings. The first-order valence-corrected chi connectivity index (χ1v) is 10.1. The maximum absolute atomic E-state index is 12.9. The number of Topliss-reactive ketones (excluding diaryl/α,β-unsaturated/α-hetero) is 1. The van der Waals surface area contributed by atoms with E-state index in [4.69, 9.17) is 9.72 Å². The zero-order chi connectivity index (χ0) is 21.3. The minimum Gasteiger partial charge on any atom is -0.491 e. The molecule has 0 radical (unpaired) electrons. The monoisotopic (exact) mass is 399 g/mol. The first kappa shape index (κ1) is 19.8. The molecule has 0 N–H and O–H groups in total. The van der Waals surface area contributed by atoms with Gasteiger partial charge in [-0.05, 0) is 75.7 Å². The van der Waals surface area contributed by atoms with Crippen molar-refractivity contribution in [2.24, 2.45) is 0 Å². The molecule has 0 spiro atoms. The van der Waals surface area contributed by atoms with E-state index in [1.165, 1.54) is 0 Å². The Kier molecular flexibility index (Phi) is 5.36. The summed E-state index contributed by atoms with van der Waals surface area (Å²) in [6.07, 6.45) is 0.389. The Morgan fingerprint density at radius 1 is 1.03 bits per heavy atom. The summed E-state index contributed by atoms with van der Waals surface area (Å²) in [5.74, 6) is 1.57. The summed E-state index contributed by atoms with van der Waals surface area (Å²) < 4.78 is 7.50. The normalized spacial score (nSPS) is 11.2. The summed E-state index contributed by atoms with van der Waals surface area (Å²) in [7, 11) is 0. The summed E-state index contributed by atoms with van der Waals surface area (Å²) in [5, 5.41) is 5.54. The predicted molar refractivity (Wildman–Crippen MR) is 119 cm³/mol. The number of benzene rings is 2. The number of ether oxygens (including phenoxy) is 1. The van der Waals surface area contributed by atoms with E-state index in [9.17, 15) is 4.79 Å². The third-order valence-electron chi connectivity index (χ3n) is 4.91. The van der Waals surface area contributed by atoms with Crippen LogP contribution in [0.15, 0.2) is 60.7 Å². The van der Waals surface area contributed by atoms with Crippen LogP contribution in [0.2, 0.25) is 0 Å². The van der Waals surface area contributed by atoms with Gasteiger partial charge in [-0.3, -0.25) is 4.79 Å². The molecule has 0 bridgehead atoms. The maximum Gasteiger partial charge on any atom is 0.167 e. The van der Waals surface area contributed by atoms with Crippen LogP contribution in [0.5, 0.6) is 5.75 Å². The molecular formula is C25H25N3O2. The van der Waals surface area contributed by atoms with Crippen LogP contribution in [0.3, 0.4) is 0 Å². The zero-order valence-electron chi connectivity index (χ0n) is 17.7. The van der Waals surface area contributed by atoms with Crippen LogP contribution < -0.4 is 4.74 Å². The molecule has 0 unspecified atom stereocenters. The number of para-hydroxylation sites is 1. The lowest BCUT2D eigenvalue weighted by Crippen LogP contribution is -2.07. The van der Waals surface area contributed by atoms with E-state index < -0.39 is 0 Å². The Labute approximate surface area is 176 Å². The number of ketones is 1. The third-order valence-corrected chi connectivity index (χ3v) is 4.91. The summed E-state index contributed by atoms with van der Waals surface area (Å²) in [4.78, 5) is 17.8. The number of fused-ring (bicyclic) bond motifs is 1. The van der Waals surface area contributed by atoms with Gasteiger partial charge < -0.3 is 4.74 Å². The van der Waals surface area contributed by atoms with Gasteiger partial charge in [0.15, 0.2) is 11.6 Å². The van der Waals surface area contributed by atoms with Crippen LogP contribution in [-0.2, 0) is 6.42 Å². The molecule has 30 heavy (non-hydrogen) atoms. The van der Waals surface area contributed by atoms with E-state index in [-0.39, 0.29) is 18.3 Å². The van der Waals surface area contributed by atoms with Gasteiger partial charge in [-0.2, -0.15) is 5.10 Å². The number of carbonyl (C=O) groups excluding carboxylic acids is 1. The Morgan fingerprint density at radius 3 is 2.47 bits per heavy atom. The van der Waals surface area contributed by atoms with Crippen LogP contribution in [-0.4, -0.2) is 26.7 Å². The van der Waals surface area contributed by atoms with Crippen molar-refractivity contribution in [1.82, 2.24) is 14.8 Å². The van der Waals surface area contributed by atoms with Crippen molar-refractivity contribution in [1.29, 1.82) is 0 Å². The van der Waals surface area contributed by atoms with E-state index in [1.807, 2.05) is 93.0 Å². The largest absolute Gasteiger partial charge is 0.491 e. The topological polar surface area (TPSA) is 57.0 Å². The van der Waals surface area contributed by atoms with Gasteiger partial charge in [0, 0.05) is 23.1 Å². The third kappa shape index (κ3) is 4.10. The van der Waals surface area contributed by atoms with Crippen molar-refractivity contribution in [2.75, 3.05) is 0 Å². The smallest absolute Gasteiger partial charge is 0.167 e. The Hall–Kier alpha value is -3.47. The highest BCUT2D eigenvalue weighted by molar-refractivity contribution is 5.99. The quantitative estimate of drug-likeness (QED) is 0.416. The minimum atomic E-state index is 0.0527. The van der Waals surface area contributed by atoms with Crippen molar-refractivity contribution in [3.05, 3.63) is 83.2 Å². The number of nitrogens with zero attached hydrogens (tertiary/aromatic N) is 3. The van der Waals surface area contributed by atoms with Crippen LogP contribution in [0.1, 0.15) is 41.2 Å². The van der Waals surface area contributed by atoms with E-state index in [2.05, 4.69) is 5.10 Å². The fourth-order valence-corrected chi connectivity index (χ4v) is 3.59. The van der Waals surface area contributed by atoms with Gasteiger partial charge in [0.25, 0.3) is 0 Å². The molecule has 4 rings (SSSR count). The highest BCUT2D eigenvalue weighted by atomic mass is 16.5. The van der Waals surface area contributed by atoms with Gasteiger partial charge in [0.1, 0.15) is 5.75 Å². The SMILES string of the molecule is Cc1cc(C)n(-c2ccc3cccc(CC(=O)c4ccc(OC(C)C)cc4)c3n2)n1. The van der Waals surface area contributed by atoms with Crippen LogP contribution in [0.4, 0.5) is 0 Å². The fraction of sp³-hybridized carbons (Fsp3) is 0.240. The molecule has 152 valence electrons. The maximum atomic E-state index is 12.9. The van der Waals surface area contributed by atoms with Crippen molar-refractivity contribution in [2.45, 2.75) is 40.2 Å². The lowest BCUT2D eigenvalue weighted by Gasteiger charge is -2.11. The van der Waals surface area contributed by atoms with Gasteiger partial charge in [0.05, 0.1) is 17.3 Å². The second-order valence-electron chi connectivity index (χ2n) is 7.79. The standard InChI is InChI=1S/C25H25N3O2/c1-16(2)30-22-11-8-19(9-12-22)23(29)15-21-7-5-6-20-10-13-24(26-25(20)21)28-18(4)14-17(3)27-28/h5-14,16H,15H2,1-4H3. The van der Waals surface area contributed by atoms with E-state index in [1.54, 1.807) is 0 Å². The lowest BCUT2D eigenvalue weighted by atomic mass is 10.0. The first-order chi connectivity index (χ1) is 14.4. The molecule has 5 heteroatoms. The Morgan fingerprint density at radius 2 is 1.80 bits per heavy atom. The highest BCUT2D eigenvalue weighted by Crippen LogP contribution is 2.22. The van der Waals surface area contributed by atoms with Gasteiger partial charge in [0.2, 0.25) is 0 Å². The molecule has 0 saturated heterocycles. The number of carbonyl (C=O) groups is 1. The van der Waals surface area contributed by atoms with Gasteiger partial charge in [-0.25, -0.2) is 9.67 Å². The molecule has 0 aliphatic heterocycles. The van der Waals surface area contributed by atoms with Crippen molar-refractivity contribution in [3.8, 4) is 11.6 Å². The van der Waals surface area contributed by atoms with E-state index in [0.717, 1.165) is 39.4 Å². The average Bonchev–Trinajstić information content (AvgIpc) is 3.06. The van der Waals surface area contributed by atoms with E-state index >= 15 is 0 Å². The molecule has 0 aliphatic rings. The van der Waals surface area contributed by atoms with Crippen molar-refractivity contribution < 1.29 is 9.53 Å². The van der Waals surface area contributed by atoms with Gasteiger partial charge >= 0.3 is 0 Å². The molecule has 0 saturated carbocycles. The zero-order valence-corrected chi connectivity index (χ0v) is 17.7. The summed E-state index contributed by atoms with van der Waals surface area (Å²) in [6.45, 7) is 7.93. The van der Waals surface area contributed by atoms with Crippen LogP contribution >= 0.6 is 0 Å². The second-order valence-corrected chi connectivity index (χ2v) is 7.79.